The minimum atomic E-state index is -1.24. The van der Waals surface area contributed by atoms with Crippen LogP contribution in [-0.2, 0) is 28.5 Å². The molecule has 0 aromatic heterocycles. The van der Waals surface area contributed by atoms with E-state index in [2.05, 4.69) is 11.3 Å². The Kier molecular flexibility index (Phi) is 17.4. The van der Waals surface area contributed by atoms with Crippen molar-refractivity contribution in [2.75, 3.05) is 46.2 Å². The average Bonchev–Trinajstić information content (AvgIpc) is 2.45. The molecule has 9 heteroatoms. The predicted octanol–water partition coefficient (Wildman–Crippen LogP) is -0.443. The van der Waals surface area contributed by atoms with Gasteiger partial charge in [0.05, 0.1) is 39.6 Å². The van der Waals surface area contributed by atoms with E-state index < -0.39 is 18.2 Å². The number of carbonyl (C=O) groups excluding carboxylic acids is 1. The molecule has 0 aromatic carbocycles. The first-order chi connectivity index (χ1) is 10.8. The molecule has 0 aliphatic rings. The van der Waals surface area contributed by atoms with Crippen molar-refractivity contribution in [1.29, 1.82) is 0 Å². The van der Waals surface area contributed by atoms with Gasteiger partial charge in [-0.2, -0.15) is 0 Å². The highest BCUT2D eigenvalue weighted by molar-refractivity contribution is 5.84. The van der Waals surface area contributed by atoms with Crippen LogP contribution in [0.5, 0.6) is 0 Å². The van der Waals surface area contributed by atoms with Gasteiger partial charge in [0.15, 0.2) is 0 Å². The fraction of sp³-hybridized carbons (Fsp3) is 0.714. The fourth-order valence-corrected chi connectivity index (χ4v) is 0.914. The van der Waals surface area contributed by atoms with Crippen molar-refractivity contribution in [2.45, 2.75) is 20.1 Å². The molecule has 0 aromatic rings. The van der Waals surface area contributed by atoms with E-state index in [4.69, 9.17) is 29.5 Å². The Hall–Kier alpha value is -1.52. The van der Waals surface area contributed by atoms with Crippen LogP contribution in [0.15, 0.2) is 12.2 Å². The quantitative estimate of drug-likeness (QED) is 0.187. The Bertz CT molecular complexity index is 318. The van der Waals surface area contributed by atoms with Crippen molar-refractivity contribution in [2.24, 2.45) is 0 Å². The average molecular weight is 338 g/mol. The number of carboxylic acids is 1. The van der Waals surface area contributed by atoms with Gasteiger partial charge in [-0.1, -0.05) is 6.58 Å². The maximum absolute atomic E-state index is 10.4. The van der Waals surface area contributed by atoms with Crippen molar-refractivity contribution in [3.63, 3.8) is 0 Å². The molecule has 0 radical (unpaired) electrons. The highest BCUT2D eigenvalue weighted by Gasteiger charge is 2.06. The molecule has 0 saturated carbocycles. The van der Waals surface area contributed by atoms with Crippen LogP contribution in [0.2, 0.25) is 0 Å². The molecule has 0 aliphatic heterocycles. The van der Waals surface area contributed by atoms with Crippen molar-refractivity contribution < 1.29 is 43.9 Å². The molecule has 9 nitrogen and oxygen atoms in total. The summed E-state index contributed by atoms with van der Waals surface area (Å²) in [6.07, 6.45) is -1.24. The van der Waals surface area contributed by atoms with Gasteiger partial charge in [0.2, 0.25) is 6.29 Å². The van der Waals surface area contributed by atoms with E-state index in [0.717, 1.165) is 0 Å². The second kappa shape index (κ2) is 16.8. The van der Waals surface area contributed by atoms with E-state index >= 15 is 0 Å². The monoisotopic (exact) mass is 338 g/mol. The van der Waals surface area contributed by atoms with Crippen LogP contribution >= 0.6 is 0 Å². The van der Waals surface area contributed by atoms with Crippen molar-refractivity contribution >= 4 is 11.9 Å². The number of hydrogen-bond acceptors (Lipinski definition) is 8. The van der Waals surface area contributed by atoms with Gasteiger partial charge in [-0.3, -0.25) is 4.79 Å². The fourth-order valence-electron chi connectivity index (χ4n) is 0.914. The third-order valence-corrected chi connectivity index (χ3v) is 1.91. The van der Waals surface area contributed by atoms with Gasteiger partial charge in [-0.05, 0) is 6.92 Å². The lowest BCUT2D eigenvalue weighted by Gasteiger charge is -2.11. The van der Waals surface area contributed by atoms with Crippen molar-refractivity contribution in [3.05, 3.63) is 12.2 Å². The largest absolute Gasteiger partial charge is 0.478 e. The number of aliphatic hydroxyl groups excluding tert-OH is 2. The maximum Gasteiger partial charge on any atom is 0.330 e. The molecule has 1 atom stereocenters. The standard InChI is InChI=1S/C10H20O7.C4H6O2/c1-9(12)17-10(13)8-16-7-6-15-5-4-14-3-2-11;1-3(2)4(5)6/h10-11,13H,2-8H2,1H3;1H2,2H3,(H,5,6). The summed E-state index contributed by atoms with van der Waals surface area (Å²) in [6, 6.07) is 0. The summed E-state index contributed by atoms with van der Waals surface area (Å²) in [5.41, 5.74) is 0.176. The van der Waals surface area contributed by atoms with Crippen molar-refractivity contribution in [3.8, 4) is 0 Å². The van der Waals surface area contributed by atoms with E-state index in [9.17, 15) is 9.59 Å². The van der Waals surface area contributed by atoms with Crippen LogP contribution in [0.25, 0.3) is 0 Å². The first-order valence-electron chi connectivity index (χ1n) is 6.89. The number of carboxylic acid groups (broad SMARTS) is 1. The molecule has 0 spiro atoms. The van der Waals surface area contributed by atoms with Gasteiger partial charge >= 0.3 is 11.9 Å². The van der Waals surface area contributed by atoms with Gasteiger partial charge in [0, 0.05) is 12.5 Å². The second-order valence-electron chi connectivity index (χ2n) is 4.17. The summed E-state index contributed by atoms with van der Waals surface area (Å²) in [4.78, 5) is 20.0. The normalized spacial score (nSPS) is 11.1. The highest BCUT2D eigenvalue weighted by atomic mass is 16.7. The Morgan fingerprint density at radius 3 is 1.83 bits per heavy atom. The van der Waals surface area contributed by atoms with E-state index in [1.54, 1.807) is 0 Å². The van der Waals surface area contributed by atoms with E-state index in [0.29, 0.717) is 33.0 Å². The summed E-state index contributed by atoms with van der Waals surface area (Å²) in [7, 11) is 0. The molecule has 0 bridgehead atoms. The molecule has 1 unspecified atom stereocenters. The lowest BCUT2D eigenvalue weighted by molar-refractivity contribution is -0.175. The first kappa shape index (κ1) is 23.7. The Balaban J connectivity index is 0. The highest BCUT2D eigenvalue weighted by Crippen LogP contribution is 1.90. The predicted molar refractivity (Wildman–Crippen MR) is 79.8 cm³/mol. The van der Waals surface area contributed by atoms with Crippen molar-refractivity contribution in [1.82, 2.24) is 0 Å². The maximum atomic E-state index is 10.4. The molecule has 3 N–H and O–H groups in total. The summed E-state index contributed by atoms with van der Waals surface area (Å²) >= 11 is 0. The number of ether oxygens (including phenoxy) is 4. The van der Waals surface area contributed by atoms with Crippen LogP contribution in [0, 0.1) is 0 Å². The molecule has 0 aliphatic carbocycles. The Labute approximate surface area is 135 Å². The number of carbonyl (C=O) groups is 2. The summed E-state index contributed by atoms with van der Waals surface area (Å²) in [5, 5.41) is 25.4. The van der Waals surface area contributed by atoms with Gasteiger partial charge < -0.3 is 34.3 Å². The second-order valence-corrected chi connectivity index (χ2v) is 4.17. The van der Waals surface area contributed by atoms with E-state index in [1.165, 1.54) is 13.8 Å². The minimum Gasteiger partial charge on any atom is -0.478 e. The van der Waals surface area contributed by atoms with Crippen LogP contribution in [0.3, 0.4) is 0 Å². The third-order valence-electron chi connectivity index (χ3n) is 1.91. The van der Waals surface area contributed by atoms with E-state index in [-0.39, 0.29) is 18.8 Å². The number of aliphatic hydroxyl groups is 2. The number of rotatable bonds is 12. The smallest absolute Gasteiger partial charge is 0.330 e. The van der Waals surface area contributed by atoms with Gasteiger partial charge in [0.1, 0.15) is 6.61 Å². The number of aliphatic carboxylic acids is 1. The zero-order valence-corrected chi connectivity index (χ0v) is 13.5. The third kappa shape index (κ3) is 22.9. The molecule has 0 heterocycles. The first-order valence-corrected chi connectivity index (χ1v) is 6.89. The van der Waals surface area contributed by atoms with Crippen LogP contribution in [0.1, 0.15) is 13.8 Å². The lowest BCUT2D eigenvalue weighted by atomic mass is 10.4. The molecule has 136 valence electrons. The van der Waals surface area contributed by atoms with Crippen LogP contribution in [0.4, 0.5) is 0 Å². The van der Waals surface area contributed by atoms with Crippen LogP contribution < -0.4 is 0 Å². The van der Waals surface area contributed by atoms with Gasteiger partial charge in [-0.15, -0.1) is 0 Å². The molecular formula is C14H26O9. The summed E-state index contributed by atoms with van der Waals surface area (Å²) in [6.45, 7) is 7.50. The van der Waals surface area contributed by atoms with Gasteiger partial charge in [0.25, 0.3) is 0 Å². The van der Waals surface area contributed by atoms with Crippen LogP contribution in [-0.4, -0.2) is 79.8 Å². The van der Waals surface area contributed by atoms with E-state index in [1.807, 2.05) is 0 Å². The minimum absolute atomic E-state index is 0.00283. The molecule has 0 rings (SSSR count). The molecular weight excluding hydrogens is 312 g/mol. The Morgan fingerprint density at radius 1 is 1.00 bits per heavy atom. The Morgan fingerprint density at radius 2 is 1.43 bits per heavy atom. The lowest BCUT2D eigenvalue weighted by Crippen LogP contribution is -2.22. The number of esters is 1. The molecule has 23 heavy (non-hydrogen) atoms. The summed E-state index contributed by atoms with van der Waals surface area (Å²) < 4.78 is 19.5. The zero-order chi connectivity index (χ0) is 18.1. The molecule has 0 fully saturated rings. The SMILES string of the molecule is C=C(C)C(=O)O.CC(=O)OC(O)COCCOCCOCCO. The molecule has 0 amide bonds. The summed E-state index contributed by atoms with van der Waals surface area (Å²) in [5.74, 6) is -1.49. The topological polar surface area (TPSA) is 132 Å². The zero-order valence-electron chi connectivity index (χ0n) is 13.5. The van der Waals surface area contributed by atoms with Gasteiger partial charge in [-0.25, -0.2) is 4.79 Å². The number of hydrogen-bond donors (Lipinski definition) is 3. The molecule has 0 saturated heterocycles.